The molecule has 0 unspecified atom stereocenters. The van der Waals surface area contributed by atoms with Crippen molar-refractivity contribution in [2.45, 2.75) is 12.8 Å². The van der Waals surface area contributed by atoms with Crippen LogP contribution in [0, 0.1) is 0 Å². The van der Waals surface area contributed by atoms with Crippen LogP contribution < -0.4 is 15.4 Å². The normalized spacial score (nSPS) is 10.9. The summed E-state index contributed by atoms with van der Waals surface area (Å²) in [7, 11) is 0. The molecule has 0 fully saturated rings. The zero-order chi connectivity index (χ0) is 21.1. The van der Waals surface area contributed by atoms with Crippen LogP contribution in [0.2, 0.25) is 0 Å². The van der Waals surface area contributed by atoms with E-state index < -0.39 is 6.09 Å². The number of nitrogens with zero attached hydrogens (tertiary/aromatic N) is 2. The molecule has 150 valence electrons. The van der Waals surface area contributed by atoms with Crippen molar-refractivity contribution in [3.05, 3.63) is 42.0 Å². The zero-order valence-corrected chi connectivity index (χ0v) is 15.8. The summed E-state index contributed by atoms with van der Waals surface area (Å²) < 4.78 is 5.19. The number of aliphatic imine (C=N–C) groups is 2. The molecule has 0 aromatic heterocycles. The molecule has 0 radical (unpaired) electrons. The van der Waals surface area contributed by atoms with Gasteiger partial charge in [-0.15, -0.1) is 0 Å². The molecule has 9 nitrogen and oxygen atoms in total. The maximum absolute atomic E-state index is 12.2. The summed E-state index contributed by atoms with van der Waals surface area (Å²) in [5.41, 5.74) is 0.830. The van der Waals surface area contributed by atoms with Gasteiger partial charge in [-0.25, -0.2) is 24.4 Å². The minimum absolute atomic E-state index is 0.134. The van der Waals surface area contributed by atoms with Crippen molar-refractivity contribution in [2.24, 2.45) is 9.98 Å². The molecule has 0 spiro atoms. The van der Waals surface area contributed by atoms with Gasteiger partial charge in [0.15, 0.2) is 0 Å². The van der Waals surface area contributed by atoms with Crippen LogP contribution in [0.4, 0.5) is 4.79 Å². The topological polar surface area (TPSA) is 126 Å². The molecule has 2 amide bonds. The highest BCUT2D eigenvalue weighted by Gasteiger charge is 2.15. The van der Waals surface area contributed by atoms with Gasteiger partial charge in [-0.3, -0.25) is 4.79 Å². The van der Waals surface area contributed by atoms with Crippen molar-refractivity contribution in [3.63, 3.8) is 0 Å². The minimum Gasteiger partial charge on any atom is -0.410 e. The quantitative estimate of drug-likeness (QED) is 0.380. The number of ether oxygens (including phenoxy) is 1. The Hall–Kier alpha value is -3.80. The molecular formula is C20H20N4O5. The van der Waals surface area contributed by atoms with E-state index in [-0.39, 0.29) is 38.0 Å². The average Bonchev–Trinajstić information content (AvgIpc) is 2.73. The lowest BCUT2D eigenvalue weighted by Crippen LogP contribution is -2.30. The molecule has 0 aliphatic carbocycles. The molecule has 0 saturated carbocycles. The summed E-state index contributed by atoms with van der Waals surface area (Å²) in [6.45, 7) is 2.56. The summed E-state index contributed by atoms with van der Waals surface area (Å²) in [6.07, 6.45) is 2.16. The number of nitrogens with one attached hydrogen (secondary N) is 2. The molecule has 0 saturated heterocycles. The first-order chi connectivity index (χ1) is 14.0. The Morgan fingerprint density at radius 1 is 0.966 bits per heavy atom. The number of hydrogen-bond donors (Lipinski definition) is 2. The number of amides is 2. The first kappa shape index (κ1) is 21.5. The van der Waals surface area contributed by atoms with E-state index in [2.05, 4.69) is 20.6 Å². The fourth-order valence-corrected chi connectivity index (χ4v) is 2.56. The maximum atomic E-state index is 12.2. The number of rotatable bonds is 9. The predicted octanol–water partition coefficient (Wildman–Crippen LogP) is 1.82. The van der Waals surface area contributed by atoms with Crippen LogP contribution >= 0.6 is 0 Å². The second-order valence-electron chi connectivity index (χ2n) is 6.04. The first-order valence-corrected chi connectivity index (χ1v) is 8.89. The second kappa shape index (κ2) is 11.1. The lowest BCUT2D eigenvalue weighted by molar-refractivity contribution is -0.122. The summed E-state index contributed by atoms with van der Waals surface area (Å²) in [6, 6.07) is 10.7. The van der Waals surface area contributed by atoms with Crippen LogP contribution in [-0.4, -0.2) is 50.3 Å². The standard InChI is InChI=1S/C20H20N4O5/c1-14(19(27)23-8-6-21-12-25)15-2-3-17-11-18(5-4-16(17)10-15)29-20(28)24-9-7-22-13-26/h2-5,10-11,14H,6-9H2,1H3,(H,23,27)(H,24,28)/t14-/m1/s1. The maximum Gasteiger partial charge on any atom is 0.412 e. The van der Waals surface area contributed by atoms with E-state index in [1.54, 1.807) is 25.1 Å². The minimum atomic E-state index is -0.647. The zero-order valence-electron chi connectivity index (χ0n) is 15.8. The molecule has 2 aromatic carbocycles. The molecule has 2 rings (SSSR count). The van der Waals surface area contributed by atoms with Crippen LogP contribution in [0.25, 0.3) is 10.8 Å². The average molecular weight is 396 g/mol. The highest BCUT2D eigenvalue weighted by Crippen LogP contribution is 2.25. The molecule has 29 heavy (non-hydrogen) atoms. The number of isocyanates is 2. The molecule has 0 bridgehead atoms. The Morgan fingerprint density at radius 3 is 2.28 bits per heavy atom. The largest absolute Gasteiger partial charge is 0.412 e. The highest BCUT2D eigenvalue weighted by molar-refractivity contribution is 5.88. The SMILES string of the molecule is C[C@@H](C(=O)NCCN=C=O)c1ccc2cc(OC(=O)NCCN=C=O)ccc2c1. The lowest BCUT2D eigenvalue weighted by Gasteiger charge is -2.13. The molecule has 1 atom stereocenters. The van der Waals surface area contributed by atoms with E-state index in [4.69, 9.17) is 4.74 Å². The Bertz CT molecular complexity index is 978. The summed E-state index contributed by atoms with van der Waals surface area (Å²) >= 11 is 0. The van der Waals surface area contributed by atoms with Gasteiger partial charge < -0.3 is 15.4 Å². The summed E-state index contributed by atoms with van der Waals surface area (Å²) in [5, 5.41) is 6.92. The van der Waals surface area contributed by atoms with E-state index >= 15 is 0 Å². The predicted molar refractivity (Wildman–Crippen MR) is 105 cm³/mol. The van der Waals surface area contributed by atoms with Crippen LogP contribution in [0.3, 0.4) is 0 Å². The van der Waals surface area contributed by atoms with Crippen LogP contribution in [0.5, 0.6) is 5.75 Å². The van der Waals surface area contributed by atoms with E-state index in [0.29, 0.717) is 5.75 Å². The first-order valence-electron chi connectivity index (χ1n) is 8.89. The number of hydrogen-bond acceptors (Lipinski definition) is 7. The summed E-state index contributed by atoms with van der Waals surface area (Å²) in [4.78, 5) is 50.6. The highest BCUT2D eigenvalue weighted by atomic mass is 16.6. The number of carbonyl (C=O) groups excluding carboxylic acids is 4. The van der Waals surface area contributed by atoms with E-state index in [9.17, 15) is 19.2 Å². The fourth-order valence-electron chi connectivity index (χ4n) is 2.56. The Kier molecular flexibility index (Phi) is 8.26. The molecule has 2 N–H and O–H groups in total. The van der Waals surface area contributed by atoms with Crippen LogP contribution in [-0.2, 0) is 14.4 Å². The van der Waals surface area contributed by atoms with Crippen molar-refractivity contribution < 1.29 is 23.9 Å². The molecule has 0 aliphatic rings. The van der Waals surface area contributed by atoms with E-state index in [0.717, 1.165) is 16.3 Å². The third kappa shape index (κ3) is 6.70. The smallest absolute Gasteiger partial charge is 0.410 e. The number of fused-ring (bicyclic) bond motifs is 1. The third-order valence-corrected chi connectivity index (χ3v) is 4.08. The molecule has 0 aliphatic heterocycles. The summed E-state index contributed by atoms with van der Waals surface area (Å²) in [5.74, 6) is -0.181. The Balaban J connectivity index is 2.01. The van der Waals surface area contributed by atoms with Gasteiger partial charge in [0.1, 0.15) is 5.75 Å². The van der Waals surface area contributed by atoms with Crippen LogP contribution in [0.15, 0.2) is 46.4 Å². The van der Waals surface area contributed by atoms with Crippen molar-refractivity contribution >= 4 is 34.9 Å². The molecule has 0 heterocycles. The monoisotopic (exact) mass is 396 g/mol. The Labute approximate surface area is 166 Å². The van der Waals surface area contributed by atoms with Gasteiger partial charge in [-0.1, -0.05) is 24.3 Å². The molecule has 2 aromatic rings. The van der Waals surface area contributed by atoms with Gasteiger partial charge in [0.05, 0.1) is 19.0 Å². The Morgan fingerprint density at radius 2 is 1.59 bits per heavy atom. The lowest BCUT2D eigenvalue weighted by atomic mass is 9.97. The van der Waals surface area contributed by atoms with Gasteiger partial charge in [0.25, 0.3) is 0 Å². The van der Waals surface area contributed by atoms with Crippen molar-refractivity contribution in [1.82, 2.24) is 10.6 Å². The second-order valence-corrected chi connectivity index (χ2v) is 6.04. The van der Waals surface area contributed by atoms with Gasteiger partial charge >= 0.3 is 6.09 Å². The van der Waals surface area contributed by atoms with Crippen molar-refractivity contribution in [2.75, 3.05) is 26.2 Å². The van der Waals surface area contributed by atoms with Gasteiger partial charge in [-0.05, 0) is 35.4 Å². The molecular weight excluding hydrogens is 376 g/mol. The van der Waals surface area contributed by atoms with E-state index in [1.165, 1.54) is 12.2 Å². The third-order valence-electron chi connectivity index (χ3n) is 4.08. The van der Waals surface area contributed by atoms with Gasteiger partial charge in [0, 0.05) is 13.1 Å². The fraction of sp³-hybridized carbons (Fsp3) is 0.300. The number of carbonyl (C=O) groups is 2. The van der Waals surface area contributed by atoms with E-state index in [1.807, 2.05) is 18.2 Å². The number of benzene rings is 2. The van der Waals surface area contributed by atoms with Crippen LogP contribution in [0.1, 0.15) is 18.4 Å². The van der Waals surface area contributed by atoms with Gasteiger partial charge in [0.2, 0.25) is 18.1 Å². The van der Waals surface area contributed by atoms with Crippen molar-refractivity contribution in [3.8, 4) is 5.75 Å². The molecule has 9 heteroatoms. The van der Waals surface area contributed by atoms with Gasteiger partial charge in [-0.2, -0.15) is 0 Å². The van der Waals surface area contributed by atoms with Crippen molar-refractivity contribution in [1.29, 1.82) is 0 Å².